The molecule has 0 aromatic rings. The predicted molar refractivity (Wildman–Crippen MR) is 38.1 cm³/mol. The number of aliphatic carboxylic acids is 1. The second-order valence-electron chi connectivity index (χ2n) is 2.59. The van der Waals surface area contributed by atoms with Crippen LogP contribution in [0.3, 0.4) is 0 Å². The Hall–Kier alpha value is -0.900. The highest BCUT2D eigenvalue weighted by atomic mass is 16.4. The first-order chi connectivity index (χ1) is 4.95. The first-order valence-corrected chi connectivity index (χ1v) is 3.35. The van der Waals surface area contributed by atoms with Crippen molar-refractivity contribution in [2.45, 2.75) is 26.4 Å². The molecule has 2 atom stereocenters. The zero-order valence-electron chi connectivity index (χ0n) is 6.57. The minimum atomic E-state index is -1.13. The molecular weight excluding hydrogens is 148 g/mol. The molecule has 4 nitrogen and oxygen atoms in total. The summed E-state index contributed by atoms with van der Waals surface area (Å²) in [6.07, 6.45) is -1.08. The molecule has 0 rings (SSSR count). The van der Waals surface area contributed by atoms with Crippen LogP contribution in [-0.4, -0.2) is 28.1 Å². The number of carboxylic acids is 1. The molecular formula is C7H12O4. The maximum atomic E-state index is 10.5. The zero-order chi connectivity index (χ0) is 9.02. The summed E-state index contributed by atoms with van der Waals surface area (Å²) in [4.78, 5) is 20.9. The molecule has 0 aliphatic heterocycles. The molecule has 0 amide bonds. The highest BCUT2D eigenvalue weighted by Gasteiger charge is 2.24. The van der Waals surface area contributed by atoms with Crippen molar-refractivity contribution in [3.05, 3.63) is 0 Å². The first kappa shape index (κ1) is 10.1. The van der Waals surface area contributed by atoms with Crippen molar-refractivity contribution in [3.8, 4) is 0 Å². The Kier molecular flexibility index (Phi) is 3.74. The van der Waals surface area contributed by atoms with Crippen LogP contribution in [0.5, 0.6) is 0 Å². The van der Waals surface area contributed by atoms with Crippen molar-refractivity contribution >= 4 is 11.8 Å². The minimum absolute atomic E-state index is 0.104. The SMILES string of the molecule is CC(=O)CC(C(=O)O)C(C)O. The minimum Gasteiger partial charge on any atom is -0.481 e. The van der Waals surface area contributed by atoms with Crippen molar-refractivity contribution in [1.29, 1.82) is 0 Å². The molecule has 0 spiro atoms. The summed E-state index contributed by atoms with van der Waals surface area (Å²) >= 11 is 0. The number of rotatable bonds is 4. The van der Waals surface area contributed by atoms with Gasteiger partial charge in [0.05, 0.1) is 12.0 Å². The number of carbonyl (C=O) groups excluding carboxylic acids is 1. The number of carboxylic acid groups (broad SMARTS) is 1. The fourth-order valence-corrected chi connectivity index (χ4v) is 0.774. The van der Waals surface area contributed by atoms with Gasteiger partial charge in [-0.2, -0.15) is 0 Å². The Bertz CT molecular complexity index is 162. The van der Waals surface area contributed by atoms with Crippen LogP contribution in [0.15, 0.2) is 0 Å². The molecule has 2 unspecified atom stereocenters. The van der Waals surface area contributed by atoms with Gasteiger partial charge in [0.1, 0.15) is 5.78 Å². The van der Waals surface area contributed by atoms with Crippen LogP contribution in [0.2, 0.25) is 0 Å². The Balaban J connectivity index is 4.12. The third kappa shape index (κ3) is 3.72. The molecule has 0 aromatic heterocycles. The van der Waals surface area contributed by atoms with Gasteiger partial charge in [0, 0.05) is 6.42 Å². The van der Waals surface area contributed by atoms with Gasteiger partial charge < -0.3 is 15.0 Å². The lowest BCUT2D eigenvalue weighted by Crippen LogP contribution is -2.27. The van der Waals surface area contributed by atoms with Gasteiger partial charge in [-0.25, -0.2) is 0 Å². The van der Waals surface area contributed by atoms with Crippen LogP contribution in [0.1, 0.15) is 20.3 Å². The largest absolute Gasteiger partial charge is 0.481 e. The normalized spacial score (nSPS) is 15.5. The molecule has 11 heavy (non-hydrogen) atoms. The summed E-state index contributed by atoms with van der Waals surface area (Å²) in [6, 6.07) is 0. The summed E-state index contributed by atoms with van der Waals surface area (Å²) in [5.41, 5.74) is 0. The maximum Gasteiger partial charge on any atom is 0.309 e. The number of ketones is 1. The van der Waals surface area contributed by atoms with Gasteiger partial charge in [-0.1, -0.05) is 0 Å². The Morgan fingerprint density at radius 1 is 1.45 bits per heavy atom. The van der Waals surface area contributed by atoms with Crippen molar-refractivity contribution in [2.24, 2.45) is 5.92 Å². The molecule has 0 radical (unpaired) electrons. The van der Waals surface area contributed by atoms with Gasteiger partial charge in [0.25, 0.3) is 0 Å². The Morgan fingerprint density at radius 2 is 1.91 bits per heavy atom. The average molecular weight is 160 g/mol. The van der Waals surface area contributed by atoms with Gasteiger partial charge in [-0.05, 0) is 13.8 Å². The second-order valence-corrected chi connectivity index (χ2v) is 2.59. The predicted octanol–water partition coefficient (Wildman–Crippen LogP) is 0.0471. The first-order valence-electron chi connectivity index (χ1n) is 3.35. The van der Waals surface area contributed by atoms with Crippen LogP contribution in [0.4, 0.5) is 0 Å². The summed E-state index contributed by atoms with van der Waals surface area (Å²) in [7, 11) is 0. The van der Waals surface area contributed by atoms with E-state index in [9.17, 15) is 9.59 Å². The van der Waals surface area contributed by atoms with Crippen LogP contribution in [-0.2, 0) is 9.59 Å². The van der Waals surface area contributed by atoms with E-state index >= 15 is 0 Å². The van der Waals surface area contributed by atoms with E-state index in [1.54, 1.807) is 0 Å². The molecule has 4 heteroatoms. The second kappa shape index (κ2) is 4.08. The van der Waals surface area contributed by atoms with E-state index in [4.69, 9.17) is 10.2 Å². The highest BCUT2D eigenvalue weighted by Crippen LogP contribution is 2.09. The molecule has 2 N–H and O–H groups in total. The molecule has 0 saturated heterocycles. The molecule has 64 valence electrons. The van der Waals surface area contributed by atoms with E-state index < -0.39 is 18.0 Å². The molecule has 0 aromatic carbocycles. The number of hydrogen-bond donors (Lipinski definition) is 2. The zero-order valence-corrected chi connectivity index (χ0v) is 6.57. The van der Waals surface area contributed by atoms with Crippen LogP contribution < -0.4 is 0 Å². The lowest BCUT2D eigenvalue weighted by Gasteiger charge is -2.12. The van der Waals surface area contributed by atoms with E-state index in [1.807, 2.05) is 0 Å². The summed E-state index contributed by atoms with van der Waals surface area (Å²) in [5.74, 6) is -2.32. The van der Waals surface area contributed by atoms with Gasteiger partial charge >= 0.3 is 5.97 Å². The molecule has 0 saturated carbocycles. The standard InChI is InChI=1S/C7H12O4/c1-4(8)3-6(5(2)9)7(10)11/h5-6,9H,3H2,1-2H3,(H,10,11). The van der Waals surface area contributed by atoms with Gasteiger partial charge in [-0.3, -0.25) is 4.79 Å². The molecule has 0 fully saturated rings. The van der Waals surface area contributed by atoms with Crippen LogP contribution in [0.25, 0.3) is 0 Å². The third-order valence-corrected chi connectivity index (χ3v) is 1.41. The topological polar surface area (TPSA) is 74.6 Å². The van der Waals surface area contributed by atoms with E-state index in [-0.39, 0.29) is 12.2 Å². The maximum absolute atomic E-state index is 10.5. The lowest BCUT2D eigenvalue weighted by atomic mass is 9.98. The van der Waals surface area contributed by atoms with Crippen molar-refractivity contribution < 1.29 is 19.8 Å². The Labute approximate surface area is 64.8 Å². The summed E-state index contributed by atoms with van der Waals surface area (Å²) < 4.78 is 0. The number of aliphatic hydroxyl groups excluding tert-OH is 1. The number of Topliss-reactive ketones (excluding diaryl/α,β-unsaturated/α-hetero) is 1. The van der Waals surface area contributed by atoms with Gasteiger partial charge in [0.2, 0.25) is 0 Å². The fourth-order valence-electron chi connectivity index (χ4n) is 0.774. The molecule has 0 heterocycles. The average Bonchev–Trinajstić information content (AvgIpc) is 1.81. The van der Waals surface area contributed by atoms with E-state index in [2.05, 4.69) is 0 Å². The van der Waals surface area contributed by atoms with Crippen LogP contribution >= 0.6 is 0 Å². The van der Waals surface area contributed by atoms with E-state index in [1.165, 1.54) is 13.8 Å². The number of aliphatic hydroxyl groups is 1. The molecule has 0 bridgehead atoms. The van der Waals surface area contributed by atoms with E-state index in [0.29, 0.717) is 0 Å². The van der Waals surface area contributed by atoms with E-state index in [0.717, 1.165) is 0 Å². The fraction of sp³-hybridized carbons (Fsp3) is 0.714. The smallest absolute Gasteiger partial charge is 0.309 e. The summed E-state index contributed by atoms with van der Waals surface area (Å²) in [5, 5.41) is 17.4. The molecule has 0 aliphatic rings. The van der Waals surface area contributed by atoms with Crippen LogP contribution in [0, 0.1) is 5.92 Å². The van der Waals surface area contributed by atoms with Gasteiger partial charge in [0.15, 0.2) is 0 Å². The van der Waals surface area contributed by atoms with Crippen molar-refractivity contribution in [1.82, 2.24) is 0 Å². The molecule has 0 aliphatic carbocycles. The van der Waals surface area contributed by atoms with Gasteiger partial charge in [-0.15, -0.1) is 0 Å². The Morgan fingerprint density at radius 3 is 2.00 bits per heavy atom. The number of carbonyl (C=O) groups is 2. The van der Waals surface area contributed by atoms with Crippen molar-refractivity contribution in [2.75, 3.05) is 0 Å². The summed E-state index contributed by atoms with van der Waals surface area (Å²) in [6.45, 7) is 2.67. The van der Waals surface area contributed by atoms with Crippen molar-refractivity contribution in [3.63, 3.8) is 0 Å². The monoisotopic (exact) mass is 160 g/mol. The third-order valence-electron chi connectivity index (χ3n) is 1.41. The number of hydrogen-bond acceptors (Lipinski definition) is 3. The quantitative estimate of drug-likeness (QED) is 0.609. The lowest BCUT2D eigenvalue weighted by molar-refractivity contribution is -0.147. The highest BCUT2D eigenvalue weighted by molar-refractivity contribution is 5.82.